The van der Waals surface area contributed by atoms with E-state index in [1.807, 2.05) is 6.92 Å². The highest BCUT2D eigenvalue weighted by Crippen LogP contribution is 2.35. The fourth-order valence-electron chi connectivity index (χ4n) is 3.84. The first-order chi connectivity index (χ1) is 10.5. The molecule has 0 N–H and O–H groups in total. The smallest absolute Gasteiger partial charge is 0.154 e. The number of aromatic nitrogens is 1. The maximum atomic E-state index is 5.52. The molecule has 5 nitrogen and oxygen atoms in total. The van der Waals surface area contributed by atoms with Gasteiger partial charge in [-0.25, -0.2) is 0 Å². The number of ether oxygens (including phenoxy) is 1. The topological polar surface area (TPSA) is 41.7 Å². The van der Waals surface area contributed by atoms with Crippen LogP contribution in [0.25, 0.3) is 0 Å². The Hall–Kier alpha value is -0.910. The van der Waals surface area contributed by atoms with Gasteiger partial charge in [-0.15, -0.1) is 0 Å². The van der Waals surface area contributed by atoms with Crippen LogP contribution in [-0.2, 0) is 4.74 Å². The Morgan fingerprint density at radius 1 is 1.23 bits per heavy atom. The van der Waals surface area contributed by atoms with Crippen molar-refractivity contribution in [3.63, 3.8) is 0 Å². The van der Waals surface area contributed by atoms with Crippen LogP contribution in [-0.4, -0.2) is 60.9 Å². The van der Waals surface area contributed by atoms with Gasteiger partial charge in [-0.3, -0.25) is 9.80 Å². The minimum absolute atomic E-state index is 0.273. The SMILES string of the molecule is Cc1cc([C@@H]2CCCN2CC(C)(C)CN2CCOCC2)on1. The third kappa shape index (κ3) is 3.89. The molecule has 0 aliphatic carbocycles. The summed E-state index contributed by atoms with van der Waals surface area (Å²) in [4.78, 5) is 5.12. The van der Waals surface area contributed by atoms with E-state index < -0.39 is 0 Å². The molecule has 0 saturated carbocycles. The van der Waals surface area contributed by atoms with Gasteiger partial charge in [0.1, 0.15) is 0 Å². The molecule has 3 heterocycles. The molecule has 0 amide bonds. The van der Waals surface area contributed by atoms with E-state index >= 15 is 0 Å². The molecule has 5 heteroatoms. The monoisotopic (exact) mass is 307 g/mol. The predicted octanol–water partition coefficient (Wildman–Crippen LogP) is 2.48. The Morgan fingerprint density at radius 2 is 2.00 bits per heavy atom. The summed E-state index contributed by atoms with van der Waals surface area (Å²) in [6.07, 6.45) is 2.43. The van der Waals surface area contributed by atoms with E-state index in [2.05, 4.69) is 34.9 Å². The van der Waals surface area contributed by atoms with Gasteiger partial charge in [-0.05, 0) is 31.7 Å². The molecule has 1 aromatic rings. The second kappa shape index (κ2) is 6.69. The molecule has 0 radical (unpaired) electrons. The van der Waals surface area contributed by atoms with Crippen molar-refractivity contribution in [3.05, 3.63) is 17.5 Å². The number of hydrogen-bond acceptors (Lipinski definition) is 5. The highest BCUT2D eigenvalue weighted by atomic mass is 16.5. The molecular formula is C17H29N3O2. The van der Waals surface area contributed by atoms with Gasteiger partial charge in [0.05, 0.1) is 24.9 Å². The summed E-state index contributed by atoms with van der Waals surface area (Å²) < 4.78 is 11.0. The Bertz CT molecular complexity index is 480. The van der Waals surface area contributed by atoms with Gasteiger partial charge < -0.3 is 9.26 Å². The Balaban J connectivity index is 1.60. The van der Waals surface area contributed by atoms with Gasteiger partial charge >= 0.3 is 0 Å². The van der Waals surface area contributed by atoms with E-state index in [0.717, 1.165) is 57.4 Å². The van der Waals surface area contributed by atoms with Crippen LogP contribution in [0.15, 0.2) is 10.6 Å². The predicted molar refractivity (Wildman–Crippen MR) is 85.8 cm³/mol. The maximum Gasteiger partial charge on any atom is 0.154 e. The molecule has 0 aromatic carbocycles. The molecule has 0 spiro atoms. The molecule has 124 valence electrons. The number of rotatable bonds is 5. The lowest BCUT2D eigenvalue weighted by Gasteiger charge is -2.38. The average molecular weight is 307 g/mol. The average Bonchev–Trinajstić information content (AvgIpc) is 3.07. The Morgan fingerprint density at radius 3 is 2.68 bits per heavy atom. The number of hydrogen-bond donors (Lipinski definition) is 0. The zero-order valence-corrected chi connectivity index (χ0v) is 14.2. The fraction of sp³-hybridized carbons (Fsp3) is 0.824. The zero-order valence-electron chi connectivity index (χ0n) is 14.2. The molecule has 2 aliphatic heterocycles. The van der Waals surface area contributed by atoms with Crippen molar-refractivity contribution in [1.29, 1.82) is 0 Å². The number of likely N-dealkylation sites (tertiary alicyclic amines) is 1. The molecule has 1 aromatic heterocycles. The van der Waals surface area contributed by atoms with E-state index in [0.29, 0.717) is 6.04 Å². The maximum absolute atomic E-state index is 5.52. The number of aryl methyl sites for hydroxylation is 1. The van der Waals surface area contributed by atoms with Crippen LogP contribution < -0.4 is 0 Å². The van der Waals surface area contributed by atoms with Crippen LogP contribution in [0.2, 0.25) is 0 Å². The van der Waals surface area contributed by atoms with Crippen molar-refractivity contribution >= 4 is 0 Å². The van der Waals surface area contributed by atoms with E-state index in [1.54, 1.807) is 0 Å². The highest BCUT2D eigenvalue weighted by Gasteiger charge is 2.34. The van der Waals surface area contributed by atoms with Crippen molar-refractivity contribution in [2.45, 2.75) is 39.7 Å². The Kier molecular flexibility index (Phi) is 4.85. The fourth-order valence-corrected chi connectivity index (χ4v) is 3.84. The van der Waals surface area contributed by atoms with Crippen LogP contribution in [0, 0.1) is 12.3 Å². The summed E-state index contributed by atoms with van der Waals surface area (Å²) in [6.45, 7) is 14.0. The molecule has 0 unspecified atom stereocenters. The minimum atomic E-state index is 0.273. The van der Waals surface area contributed by atoms with Crippen molar-refractivity contribution in [3.8, 4) is 0 Å². The van der Waals surface area contributed by atoms with E-state index in [1.165, 1.54) is 12.8 Å². The summed E-state index contributed by atoms with van der Waals surface area (Å²) in [7, 11) is 0. The van der Waals surface area contributed by atoms with Gasteiger partial charge in [-0.2, -0.15) is 0 Å². The lowest BCUT2D eigenvalue weighted by molar-refractivity contribution is 0.0134. The largest absolute Gasteiger partial charge is 0.379 e. The molecule has 1 atom stereocenters. The van der Waals surface area contributed by atoms with Crippen LogP contribution >= 0.6 is 0 Å². The Labute approximate surface area is 133 Å². The second-order valence-corrected chi connectivity index (χ2v) is 7.55. The quantitative estimate of drug-likeness (QED) is 0.836. The van der Waals surface area contributed by atoms with Gasteiger partial charge in [-0.1, -0.05) is 19.0 Å². The molecule has 3 rings (SSSR count). The molecule has 2 aliphatic rings. The minimum Gasteiger partial charge on any atom is -0.379 e. The van der Waals surface area contributed by atoms with Crippen LogP contribution in [0.3, 0.4) is 0 Å². The highest BCUT2D eigenvalue weighted by molar-refractivity contribution is 5.09. The lowest BCUT2D eigenvalue weighted by Crippen LogP contribution is -2.46. The second-order valence-electron chi connectivity index (χ2n) is 7.55. The van der Waals surface area contributed by atoms with Crippen LogP contribution in [0.1, 0.15) is 44.2 Å². The van der Waals surface area contributed by atoms with Crippen molar-refractivity contribution in [2.75, 3.05) is 45.9 Å². The molecular weight excluding hydrogens is 278 g/mol. The first-order valence-electron chi connectivity index (χ1n) is 8.51. The summed E-state index contributed by atoms with van der Waals surface area (Å²) in [6, 6.07) is 2.50. The molecule has 2 fully saturated rings. The van der Waals surface area contributed by atoms with Gasteiger partial charge in [0.15, 0.2) is 5.76 Å². The zero-order chi connectivity index (χ0) is 15.6. The third-order valence-corrected chi connectivity index (χ3v) is 4.72. The van der Waals surface area contributed by atoms with E-state index in [9.17, 15) is 0 Å². The van der Waals surface area contributed by atoms with Crippen LogP contribution in [0.4, 0.5) is 0 Å². The van der Waals surface area contributed by atoms with Crippen LogP contribution in [0.5, 0.6) is 0 Å². The van der Waals surface area contributed by atoms with Gasteiger partial charge in [0.25, 0.3) is 0 Å². The molecule has 22 heavy (non-hydrogen) atoms. The molecule has 0 bridgehead atoms. The van der Waals surface area contributed by atoms with E-state index in [4.69, 9.17) is 9.26 Å². The summed E-state index contributed by atoms with van der Waals surface area (Å²) >= 11 is 0. The molecule has 2 saturated heterocycles. The van der Waals surface area contributed by atoms with Crippen molar-refractivity contribution in [2.24, 2.45) is 5.41 Å². The van der Waals surface area contributed by atoms with Crippen molar-refractivity contribution < 1.29 is 9.26 Å². The van der Waals surface area contributed by atoms with Gasteiger partial charge in [0, 0.05) is 32.2 Å². The van der Waals surface area contributed by atoms with Crippen molar-refractivity contribution in [1.82, 2.24) is 15.0 Å². The summed E-state index contributed by atoms with van der Waals surface area (Å²) in [5.41, 5.74) is 1.25. The number of nitrogens with zero attached hydrogens (tertiary/aromatic N) is 3. The first-order valence-corrected chi connectivity index (χ1v) is 8.51. The normalized spacial score (nSPS) is 25.0. The standard InChI is InChI=1S/C17H29N3O2/c1-14-11-16(22-18-14)15-5-4-6-20(15)13-17(2,3)12-19-7-9-21-10-8-19/h11,15H,4-10,12-13H2,1-3H3/t15-/m0/s1. The first kappa shape index (κ1) is 16.0. The third-order valence-electron chi connectivity index (χ3n) is 4.72. The summed E-state index contributed by atoms with van der Waals surface area (Å²) in [5, 5.41) is 4.06. The number of morpholine rings is 1. The van der Waals surface area contributed by atoms with Gasteiger partial charge in [0.2, 0.25) is 0 Å². The van der Waals surface area contributed by atoms with E-state index in [-0.39, 0.29) is 5.41 Å². The lowest BCUT2D eigenvalue weighted by atomic mass is 9.91. The summed E-state index contributed by atoms with van der Waals surface area (Å²) in [5.74, 6) is 1.04.